The van der Waals surface area contributed by atoms with Gasteiger partial charge in [-0.1, -0.05) is 5.16 Å². The fourth-order valence-electron chi connectivity index (χ4n) is 1.24. The molecule has 1 atom stereocenters. The lowest BCUT2D eigenvalue weighted by Crippen LogP contribution is -2.42. The van der Waals surface area contributed by atoms with Crippen molar-refractivity contribution in [1.82, 2.24) is 5.32 Å². The summed E-state index contributed by atoms with van der Waals surface area (Å²) in [6.45, 7) is 1.61. The molecule has 0 aliphatic rings. The maximum absolute atomic E-state index is 12.0. The minimum atomic E-state index is -0.569. The van der Waals surface area contributed by atoms with Crippen molar-refractivity contribution in [2.45, 2.75) is 13.0 Å². The van der Waals surface area contributed by atoms with Crippen molar-refractivity contribution in [3.05, 3.63) is 28.2 Å². The molecular formula is C11H14BrN3O3. The summed E-state index contributed by atoms with van der Waals surface area (Å²) in [5.41, 5.74) is 5.80. The second-order valence-electron chi connectivity index (χ2n) is 3.57. The number of amidine groups is 1. The van der Waals surface area contributed by atoms with E-state index in [4.69, 9.17) is 15.7 Å². The standard InChI is InChI=1S/C11H14BrN3O3/c1-6(10(13)15-17)14-11(16)8-5-7(18-2)3-4-9(8)12/h3-6,17H,1-2H3,(H2,13,15)(H,14,16). The molecule has 0 bridgehead atoms. The van der Waals surface area contributed by atoms with Gasteiger partial charge in [0, 0.05) is 4.47 Å². The van der Waals surface area contributed by atoms with Crippen LogP contribution in [0, 0.1) is 0 Å². The molecule has 0 fully saturated rings. The minimum Gasteiger partial charge on any atom is -0.497 e. The Hall–Kier alpha value is -1.76. The predicted octanol–water partition coefficient (Wildman–Crippen LogP) is 1.32. The van der Waals surface area contributed by atoms with Crippen molar-refractivity contribution >= 4 is 27.7 Å². The first-order valence-electron chi connectivity index (χ1n) is 5.11. The van der Waals surface area contributed by atoms with Gasteiger partial charge in [0.2, 0.25) is 0 Å². The second kappa shape index (κ2) is 6.25. The van der Waals surface area contributed by atoms with Crippen LogP contribution in [0.3, 0.4) is 0 Å². The van der Waals surface area contributed by atoms with Crippen LogP contribution in [-0.4, -0.2) is 30.1 Å². The molecule has 0 aliphatic carbocycles. The molecule has 1 aromatic carbocycles. The Morgan fingerprint density at radius 2 is 2.28 bits per heavy atom. The highest BCUT2D eigenvalue weighted by atomic mass is 79.9. The zero-order chi connectivity index (χ0) is 13.7. The Balaban J connectivity index is 2.90. The van der Waals surface area contributed by atoms with Crippen LogP contribution < -0.4 is 15.8 Å². The van der Waals surface area contributed by atoms with Gasteiger partial charge >= 0.3 is 0 Å². The van der Waals surface area contributed by atoms with Crippen molar-refractivity contribution < 1.29 is 14.7 Å². The summed E-state index contributed by atoms with van der Waals surface area (Å²) in [5, 5.41) is 13.9. The van der Waals surface area contributed by atoms with Crippen molar-refractivity contribution in [1.29, 1.82) is 0 Å². The number of nitrogens with one attached hydrogen (secondary N) is 1. The maximum Gasteiger partial charge on any atom is 0.253 e. The SMILES string of the molecule is COc1ccc(Br)c(C(=O)NC(C)/C(N)=N/O)c1. The molecule has 0 saturated carbocycles. The average Bonchev–Trinajstić information content (AvgIpc) is 2.38. The van der Waals surface area contributed by atoms with E-state index in [0.717, 1.165) is 0 Å². The van der Waals surface area contributed by atoms with Crippen LogP contribution in [0.15, 0.2) is 27.8 Å². The van der Waals surface area contributed by atoms with Gasteiger partial charge in [0.05, 0.1) is 18.7 Å². The largest absolute Gasteiger partial charge is 0.497 e. The third-order valence-corrected chi connectivity index (χ3v) is 3.02. The monoisotopic (exact) mass is 315 g/mol. The second-order valence-corrected chi connectivity index (χ2v) is 4.42. The molecule has 0 aromatic heterocycles. The number of amides is 1. The van der Waals surface area contributed by atoms with Gasteiger partial charge in [0.25, 0.3) is 5.91 Å². The number of methoxy groups -OCH3 is 1. The average molecular weight is 316 g/mol. The number of oxime groups is 1. The highest BCUT2D eigenvalue weighted by Gasteiger charge is 2.16. The Morgan fingerprint density at radius 1 is 1.61 bits per heavy atom. The first kappa shape index (κ1) is 14.3. The number of rotatable bonds is 4. The Kier molecular flexibility index (Phi) is 4.96. The van der Waals surface area contributed by atoms with E-state index in [1.807, 2.05) is 0 Å². The molecule has 1 rings (SSSR count). The first-order chi connectivity index (χ1) is 8.49. The lowest BCUT2D eigenvalue weighted by Gasteiger charge is -2.13. The van der Waals surface area contributed by atoms with Crippen LogP contribution >= 0.6 is 15.9 Å². The number of carbonyl (C=O) groups is 1. The first-order valence-corrected chi connectivity index (χ1v) is 5.90. The van der Waals surface area contributed by atoms with Gasteiger partial charge in [-0.3, -0.25) is 4.79 Å². The minimum absolute atomic E-state index is 0.0673. The van der Waals surface area contributed by atoms with E-state index < -0.39 is 6.04 Å². The maximum atomic E-state index is 12.0. The lowest BCUT2D eigenvalue weighted by atomic mass is 10.2. The van der Waals surface area contributed by atoms with E-state index in [-0.39, 0.29) is 11.7 Å². The van der Waals surface area contributed by atoms with Gasteiger partial charge in [0.1, 0.15) is 5.75 Å². The fourth-order valence-corrected chi connectivity index (χ4v) is 1.67. The molecule has 6 nitrogen and oxygen atoms in total. The van der Waals surface area contributed by atoms with Crippen molar-refractivity contribution in [3.8, 4) is 5.75 Å². The van der Waals surface area contributed by atoms with Gasteiger partial charge in [-0.25, -0.2) is 0 Å². The number of ether oxygens (including phenoxy) is 1. The van der Waals surface area contributed by atoms with E-state index in [9.17, 15) is 4.79 Å². The zero-order valence-corrected chi connectivity index (χ0v) is 11.6. The van der Waals surface area contributed by atoms with Crippen LogP contribution in [-0.2, 0) is 0 Å². The normalized spacial score (nSPS) is 12.9. The van der Waals surface area contributed by atoms with Crippen molar-refractivity contribution in [2.75, 3.05) is 7.11 Å². The van der Waals surface area contributed by atoms with Crippen LogP contribution in [0.5, 0.6) is 5.75 Å². The van der Waals surface area contributed by atoms with Crippen LogP contribution in [0.2, 0.25) is 0 Å². The summed E-state index contributed by atoms with van der Waals surface area (Å²) < 4.78 is 5.68. The third kappa shape index (κ3) is 3.36. The molecule has 7 heteroatoms. The number of hydrogen-bond acceptors (Lipinski definition) is 4. The molecule has 0 radical (unpaired) electrons. The van der Waals surface area contributed by atoms with Crippen LogP contribution in [0.25, 0.3) is 0 Å². The Bertz CT molecular complexity index is 477. The topological polar surface area (TPSA) is 96.9 Å². The summed E-state index contributed by atoms with van der Waals surface area (Å²) in [7, 11) is 1.52. The summed E-state index contributed by atoms with van der Waals surface area (Å²) in [4.78, 5) is 12.0. The number of benzene rings is 1. The molecule has 18 heavy (non-hydrogen) atoms. The van der Waals surface area contributed by atoms with E-state index in [1.54, 1.807) is 25.1 Å². The van der Waals surface area contributed by atoms with Crippen molar-refractivity contribution in [3.63, 3.8) is 0 Å². The predicted molar refractivity (Wildman–Crippen MR) is 71.0 cm³/mol. The molecule has 1 amide bonds. The number of hydrogen-bond donors (Lipinski definition) is 3. The highest BCUT2D eigenvalue weighted by molar-refractivity contribution is 9.10. The quantitative estimate of drug-likeness (QED) is 0.338. The number of halogens is 1. The van der Waals surface area contributed by atoms with Gasteiger partial charge in [0.15, 0.2) is 5.84 Å². The van der Waals surface area contributed by atoms with Gasteiger partial charge in [-0.05, 0) is 41.1 Å². The molecule has 0 aliphatic heterocycles. The Morgan fingerprint density at radius 3 is 2.83 bits per heavy atom. The molecular weight excluding hydrogens is 302 g/mol. The third-order valence-electron chi connectivity index (χ3n) is 2.32. The summed E-state index contributed by atoms with van der Waals surface area (Å²) >= 11 is 3.28. The zero-order valence-electron chi connectivity index (χ0n) is 9.98. The molecule has 0 spiro atoms. The number of nitrogens with zero attached hydrogens (tertiary/aromatic N) is 1. The molecule has 1 aromatic rings. The molecule has 0 heterocycles. The van der Waals surface area contributed by atoms with Gasteiger partial charge < -0.3 is 21.0 Å². The van der Waals surface area contributed by atoms with Crippen molar-refractivity contribution in [2.24, 2.45) is 10.9 Å². The summed E-state index contributed by atoms with van der Waals surface area (Å²) in [6, 6.07) is 4.47. The summed E-state index contributed by atoms with van der Waals surface area (Å²) in [6.07, 6.45) is 0. The van der Waals surface area contributed by atoms with E-state index in [2.05, 4.69) is 26.4 Å². The van der Waals surface area contributed by atoms with Crippen LogP contribution in [0.1, 0.15) is 17.3 Å². The fraction of sp³-hybridized carbons (Fsp3) is 0.273. The molecule has 0 saturated heterocycles. The molecule has 4 N–H and O–H groups in total. The van der Waals surface area contributed by atoms with E-state index >= 15 is 0 Å². The van der Waals surface area contributed by atoms with Gasteiger partial charge in [-0.2, -0.15) is 0 Å². The number of carbonyl (C=O) groups excluding carboxylic acids is 1. The smallest absolute Gasteiger partial charge is 0.253 e. The molecule has 1 unspecified atom stereocenters. The molecule has 98 valence electrons. The Labute approximate surface area is 113 Å². The highest BCUT2D eigenvalue weighted by Crippen LogP contribution is 2.22. The lowest BCUT2D eigenvalue weighted by molar-refractivity contribution is 0.0947. The van der Waals surface area contributed by atoms with Gasteiger partial charge in [-0.15, -0.1) is 0 Å². The van der Waals surface area contributed by atoms with E-state index in [0.29, 0.717) is 15.8 Å². The van der Waals surface area contributed by atoms with Crippen LogP contribution in [0.4, 0.5) is 0 Å². The number of nitrogens with two attached hydrogens (primary N) is 1. The summed E-state index contributed by atoms with van der Waals surface area (Å²) in [5.74, 6) is 0.155. The van der Waals surface area contributed by atoms with E-state index in [1.165, 1.54) is 7.11 Å².